The standard InChI is InChI=1S/C11H13N3O2/c12-11(16)14-10(15)8-5-6-13-9-4-2-1-3-7(8)9/h1-4,8,13H,5-6H2,(H3,12,14,15,16). The second-order valence-electron chi connectivity index (χ2n) is 3.71. The fourth-order valence-electron chi connectivity index (χ4n) is 1.95. The number of para-hydroxylation sites is 1. The molecule has 5 nitrogen and oxygen atoms in total. The molecule has 0 aromatic heterocycles. The Morgan fingerprint density at radius 2 is 2.12 bits per heavy atom. The summed E-state index contributed by atoms with van der Waals surface area (Å²) in [6.07, 6.45) is 0.663. The minimum atomic E-state index is -0.805. The molecular weight excluding hydrogens is 206 g/mol. The first-order valence-electron chi connectivity index (χ1n) is 5.11. The number of nitrogens with two attached hydrogens (primary N) is 1. The highest BCUT2D eigenvalue weighted by atomic mass is 16.2. The van der Waals surface area contributed by atoms with Gasteiger partial charge in [-0.2, -0.15) is 0 Å². The van der Waals surface area contributed by atoms with Crippen LogP contribution in [0.25, 0.3) is 0 Å². The highest BCUT2D eigenvalue weighted by Crippen LogP contribution is 2.31. The van der Waals surface area contributed by atoms with Crippen molar-refractivity contribution in [1.29, 1.82) is 0 Å². The van der Waals surface area contributed by atoms with Crippen LogP contribution in [0.4, 0.5) is 10.5 Å². The van der Waals surface area contributed by atoms with E-state index in [4.69, 9.17) is 5.73 Å². The SMILES string of the molecule is NC(=O)NC(=O)C1CCNc2ccccc21. The minimum absolute atomic E-state index is 0.301. The fraction of sp³-hybridized carbons (Fsp3) is 0.273. The molecule has 1 aromatic rings. The lowest BCUT2D eigenvalue weighted by atomic mass is 9.90. The molecule has 1 aromatic carbocycles. The van der Waals surface area contributed by atoms with Gasteiger partial charge in [-0.15, -0.1) is 0 Å². The summed E-state index contributed by atoms with van der Waals surface area (Å²) in [5, 5.41) is 5.33. The van der Waals surface area contributed by atoms with E-state index in [9.17, 15) is 9.59 Å². The van der Waals surface area contributed by atoms with Gasteiger partial charge in [-0.25, -0.2) is 4.79 Å². The van der Waals surface area contributed by atoms with Gasteiger partial charge in [0.2, 0.25) is 5.91 Å². The van der Waals surface area contributed by atoms with Crippen molar-refractivity contribution in [2.24, 2.45) is 5.73 Å². The van der Waals surface area contributed by atoms with Crippen LogP contribution in [0.1, 0.15) is 17.9 Å². The zero-order valence-corrected chi connectivity index (χ0v) is 8.69. The number of primary amides is 1. The summed E-state index contributed by atoms with van der Waals surface area (Å²) in [6.45, 7) is 0.716. The monoisotopic (exact) mass is 219 g/mol. The first-order chi connectivity index (χ1) is 7.68. The molecular formula is C11H13N3O2. The van der Waals surface area contributed by atoms with Crippen molar-refractivity contribution in [3.63, 3.8) is 0 Å². The molecule has 1 unspecified atom stereocenters. The second-order valence-corrected chi connectivity index (χ2v) is 3.71. The van der Waals surface area contributed by atoms with Gasteiger partial charge in [0, 0.05) is 12.2 Å². The minimum Gasteiger partial charge on any atom is -0.385 e. The van der Waals surface area contributed by atoms with Crippen LogP contribution in [-0.2, 0) is 4.79 Å². The first-order valence-corrected chi connectivity index (χ1v) is 5.11. The zero-order valence-electron chi connectivity index (χ0n) is 8.69. The Morgan fingerprint density at radius 3 is 2.88 bits per heavy atom. The highest BCUT2D eigenvalue weighted by Gasteiger charge is 2.26. The van der Waals surface area contributed by atoms with E-state index >= 15 is 0 Å². The topological polar surface area (TPSA) is 84.2 Å². The van der Waals surface area contributed by atoms with E-state index in [1.54, 1.807) is 0 Å². The molecule has 0 bridgehead atoms. The Hall–Kier alpha value is -2.04. The number of urea groups is 1. The third-order valence-corrected chi connectivity index (χ3v) is 2.65. The average molecular weight is 219 g/mol. The largest absolute Gasteiger partial charge is 0.385 e. The Morgan fingerprint density at radius 1 is 1.38 bits per heavy atom. The number of fused-ring (bicyclic) bond motifs is 1. The van der Waals surface area contributed by atoms with Crippen molar-refractivity contribution in [2.45, 2.75) is 12.3 Å². The first kappa shape index (κ1) is 10.5. The fourth-order valence-corrected chi connectivity index (χ4v) is 1.95. The number of benzene rings is 1. The molecule has 3 amide bonds. The molecule has 1 aliphatic rings. The number of rotatable bonds is 1. The van der Waals surface area contributed by atoms with Crippen LogP contribution in [-0.4, -0.2) is 18.5 Å². The molecule has 84 valence electrons. The summed E-state index contributed by atoms with van der Waals surface area (Å²) in [4.78, 5) is 22.4. The van der Waals surface area contributed by atoms with Gasteiger partial charge in [-0.3, -0.25) is 10.1 Å². The van der Waals surface area contributed by atoms with Crippen molar-refractivity contribution < 1.29 is 9.59 Å². The van der Waals surface area contributed by atoms with E-state index in [1.807, 2.05) is 24.3 Å². The van der Waals surface area contributed by atoms with Gasteiger partial charge in [0.1, 0.15) is 0 Å². The summed E-state index contributed by atoms with van der Waals surface area (Å²) in [5.41, 5.74) is 6.79. The predicted octanol–water partition coefficient (Wildman–Crippen LogP) is 0.781. The Labute approximate surface area is 93.0 Å². The number of carbonyl (C=O) groups excluding carboxylic acids is 2. The highest BCUT2D eigenvalue weighted by molar-refractivity contribution is 5.98. The number of hydrogen-bond donors (Lipinski definition) is 3. The van der Waals surface area contributed by atoms with Crippen LogP contribution in [0.5, 0.6) is 0 Å². The summed E-state index contributed by atoms with van der Waals surface area (Å²) < 4.78 is 0. The summed E-state index contributed by atoms with van der Waals surface area (Å²) in [6, 6.07) is 6.77. The molecule has 0 spiro atoms. The van der Waals surface area contributed by atoms with Gasteiger partial charge >= 0.3 is 6.03 Å². The van der Waals surface area contributed by atoms with Gasteiger partial charge in [-0.1, -0.05) is 18.2 Å². The number of amides is 3. The molecule has 1 aliphatic heterocycles. The third kappa shape index (κ3) is 1.98. The number of carbonyl (C=O) groups is 2. The van der Waals surface area contributed by atoms with Crippen molar-refractivity contribution >= 4 is 17.6 Å². The molecule has 4 N–H and O–H groups in total. The van der Waals surface area contributed by atoms with Crippen LogP contribution in [0, 0.1) is 0 Å². The second kappa shape index (κ2) is 4.22. The van der Waals surface area contributed by atoms with E-state index in [0.29, 0.717) is 13.0 Å². The van der Waals surface area contributed by atoms with Gasteiger partial charge in [0.05, 0.1) is 5.92 Å². The van der Waals surface area contributed by atoms with Crippen LogP contribution in [0.3, 0.4) is 0 Å². The van der Waals surface area contributed by atoms with Crippen LogP contribution >= 0.6 is 0 Å². The van der Waals surface area contributed by atoms with Crippen molar-refractivity contribution in [3.8, 4) is 0 Å². The van der Waals surface area contributed by atoms with Crippen LogP contribution in [0.2, 0.25) is 0 Å². The quantitative estimate of drug-likeness (QED) is 0.652. The Bertz CT molecular complexity index is 431. The molecule has 2 rings (SSSR count). The molecule has 1 atom stereocenters. The van der Waals surface area contributed by atoms with Crippen molar-refractivity contribution in [1.82, 2.24) is 5.32 Å². The van der Waals surface area contributed by atoms with Gasteiger partial charge in [0.15, 0.2) is 0 Å². The van der Waals surface area contributed by atoms with Gasteiger partial charge in [0.25, 0.3) is 0 Å². The summed E-state index contributed by atoms with van der Waals surface area (Å²) in [5.74, 6) is -0.633. The van der Waals surface area contributed by atoms with E-state index < -0.39 is 6.03 Å². The van der Waals surface area contributed by atoms with Crippen molar-refractivity contribution in [3.05, 3.63) is 29.8 Å². The van der Waals surface area contributed by atoms with Crippen molar-refractivity contribution in [2.75, 3.05) is 11.9 Å². The van der Waals surface area contributed by atoms with Gasteiger partial charge < -0.3 is 11.1 Å². The molecule has 0 saturated carbocycles. The molecule has 0 aliphatic carbocycles. The van der Waals surface area contributed by atoms with Crippen LogP contribution < -0.4 is 16.4 Å². The predicted molar refractivity (Wildman–Crippen MR) is 60.0 cm³/mol. The lowest BCUT2D eigenvalue weighted by Gasteiger charge is -2.25. The number of nitrogens with one attached hydrogen (secondary N) is 2. The molecule has 5 heteroatoms. The molecule has 0 fully saturated rings. The van der Waals surface area contributed by atoms with Gasteiger partial charge in [-0.05, 0) is 18.1 Å². The maximum atomic E-state index is 11.7. The lowest BCUT2D eigenvalue weighted by Crippen LogP contribution is -2.39. The third-order valence-electron chi connectivity index (χ3n) is 2.65. The van der Waals surface area contributed by atoms with E-state index in [2.05, 4.69) is 10.6 Å². The van der Waals surface area contributed by atoms with E-state index in [-0.39, 0.29) is 11.8 Å². The van der Waals surface area contributed by atoms with Crippen LogP contribution in [0.15, 0.2) is 24.3 Å². The van der Waals surface area contributed by atoms with E-state index in [0.717, 1.165) is 11.3 Å². The number of hydrogen-bond acceptors (Lipinski definition) is 3. The normalized spacial score (nSPS) is 18.1. The molecule has 0 saturated heterocycles. The lowest BCUT2D eigenvalue weighted by molar-refractivity contribution is -0.121. The number of anilines is 1. The average Bonchev–Trinajstić information content (AvgIpc) is 2.27. The molecule has 16 heavy (non-hydrogen) atoms. The number of imide groups is 1. The maximum absolute atomic E-state index is 11.7. The Balaban J connectivity index is 2.24. The molecule has 0 radical (unpaired) electrons. The summed E-state index contributed by atoms with van der Waals surface area (Å²) >= 11 is 0. The zero-order chi connectivity index (χ0) is 11.5. The molecule has 1 heterocycles. The Kier molecular flexibility index (Phi) is 2.76. The maximum Gasteiger partial charge on any atom is 0.318 e. The summed E-state index contributed by atoms with van der Waals surface area (Å²) in [7, 11) is 0. The smallest absolute Gasteiger partial charge is 0.318 e. The van der Waals surface area contributed by atoms with E-state index in [1.165, 1.54) is 0 Å².